The highest BCUT2D eigenvalue weighted by Crippen LogP contribution is 2.44. The van der Waals surface area contributed by atoms with E-state index >= 15 is 0 Å². The highest BCUT2D eigenvalue weighted by Gasteiger charge is 2.24. The van der Waals surface area contributed by atoms with Crippen molar-refractivity contribution in [2.75, 3.05) is 0 Å². The second kappa shape index (κ2) is 8.66. The van der Waals surface area contributed by atoms with Gasteiger partial charge in [-0.05, 0) is 0 Å². The van der Waals surface area contributed by atoms with E-state index in [1.54, 1.807) is 58.9 Å². The fourth-order valence-corrected chi connectivity index (χ4v) is 3.22. The molecule has 0 saturated carbocycles. The Morgan fingerprint density at radius 2 is 1.23 bits per heavy atom. The summed E-state index contributed by atoms with van der Waals surface area (Å²) >= 11 is 0. The van der Waals surface area contributed by atoms with Crippen LogP contribution in [0.1, 0.15) is 51.4 Å². The fraction of sp³-hybridized carbons (Fsp3) is 0.320. The molecule has 0 fully saturated rings. The molecule has 3 aromatic rings. The first-order valence-corrected chi connectivity index (χ1v) is 10.2. The summed E-state index contributed by atoms with van der Waals surface area (Å²) in [6.07, 6.45) is 0.296. The molecule has 0 amide bonds. The number of hydrogen-bond donors (Lipinski definition) is 0. The maximum Gasteiger partial charge on any atom is 0.313 e. The number of esters is 2. The van der Waals surface area contributed by atoms with Gasteiger partial charge >= 0.3 is 11.9 Å². The lowest BCUT2D eigenvalue weighted by Gasteiger charge is -2.19. The highest BCUT2D eigenvalue weighted by atomic mass is 16.5. The van der Waals surface area contributed by atoms with Gasteiger partial charge < -0.3 is 9.47 Å². The predicted octanol–water partition coefficient (Wildman–Crippen LogP) is 5.71. The minimum Gasteiger partial charge on any atom is -0.425 e. The lowest BCUT2D eigenvalue weighted by molar-refractivity contribution is -0.138. The van der Waals surface area contributed by atoms with E-state index in [9.17, 15) is 14.4 Å². The molecule has 0 aliphatic rings. The van der Waals surface area contributed by atoms with Crippen molar-refractivity contribution < 1.29 is 23.9 Å². The van der Waals surface area contributed by atoms with Gasteiger partial charge in [-0.25, -0.2) is 0 Å². The summed E-state index contributed by atoms with van der Waals surface area (Å²) in [5.41, 5.74) is 0.439. The monoisotopic (exact) mass is 406 g/mol. The van der Waals surface area contributed by atoms with Gasteiger partial charge in [0.1, 0.15) is 11.5 Å². The molecule has 0 bridgehead atoms. The van der Waals surface area contributed by atoms with Crippen molar-refractivity contribution in [1.82, 2.24) is 0 Å². The first-order valence-electron chi connectivity index (χ1n) is 10.2. The molecule has 0 aromatic heterocycles. The number of hydrogen-bond acceptors (Lipinski definition) is 5. The predicted molar refractivity (Wildman–Crippen MR) is 117 cm³/mol. The van der Waals surface area contributed by atoms with Crippen molar-refractivity contribution >= 4 is 39.3 Å². The van der Waals surface area contributed by atoms with Crippen molar-refractivity contribution in [3.63, 3.8) is 0 Å². The molecule has 5 heteroatoms. The van der Waals surface area contributed by atoms with E-state index in [4.69, 9.17) is 9.47 Å². The van der Waals surface area contributed by atoms with Gasteiger partial charge in [0.2, 0.25) is 0 Å². The largest absolute Gasteiger partial charge is 0.425 e. The van der Waals surface area contributed by atoms with Gasteiger partial charge in [-0.2, -0.15) is 0 Å². The maximum absolute atomic E-state index is 12.7. The first-order chi connectivity index (χ1) is 14.3. The van der Waals surface area contributed by atoms with E-state index in [-0.39, 0.29) is 23.6 Å². The average molecular weight is 406 g/mol. The van der Waals surface area contributed by atoms with Crippen LogP contribution in [0.4, 0.5) is 0 Å². The number of Topliss-reactive ketones (excluding diaryl/α,β-unsaturated/α-hetero) is 1. The highest BCUT2D eigenvalue weighted by molar-refractivity contribution is 6.19. The van der Waals surface area contributed by atoms with Gasteiger partial charge in [0.15, 0.2) is 5.78 Å². The zero-order valence-electron chi connectivity index (χ0n) is 17.9. The molecule has 0 saturated heterocycles. The minimum atomic E-state index is -0.396. The van der Waals surface area contributed by atoms with Gasteiger partial charge in [0.25, 0.3) is 0 Å². The molecule has 0 unspecified atom stereocenters. The third-order valence-electron chi connectivity index (χ3n) is 4.92. The molecule has 3 aromatic carbocycles. The Balaban J connectivity index is 2.46. The summed E-state index contributed by atoms with van der Waals surface area (Å²) in [7, 11) is 0. The van der Waals surface area contributed by atoms with Crippen LogP contribution in [0.3, 0.4) is 0 Å². The summed E-state index contributed by atoms with van der Waals surface area (Å²) in [5.74, 6) is -0.828. The summed E-state index contributed by atoms with van der Waals surface area (Å²) in [6, 6.07) is 12.5. The van der Waals surface area contributed by atoms with Crippen LogP contribution in [-0.2, 0) is 9.59 Å². The van der Waals surface area contributed by atoms with Crippen LogP contribution in [0.15, 0.2) is 42.5 Å². The van der Waals surface area contributed by atoms with Crippen molar-refractivity contribution in [3.05, 3.63) is 48.0 Å². The molecule has 3 rings (SSSR count). The number of carbonyl (C=O) groups excluding carboxylic acids is 3. The van der Waals surface area contributed by atoms with Crippen LogP contribution in [0, 0.1) is 11.8 Å². The standard InChI is InChI=1S/C25H26O5/c1-6-20(26)18-12-9-13-19-21(18)23(30-25(28)15(4)5)17-11-8-7-10-16(17)22(19)29-24(27)14(2)3/h7-15H,6H2,1-5H3. The molecule has 0 aliphatic carbocycles. The van der Waals surface area contributed by atoms with Gasteiger partial charge in [-0.1, -0.05) is 77.1 Å². The fourth-order valence-electron chi connectivity index (χ4n) is 3.22. The molecule has 0 spiro atoms. The number of benzene rings is 3. The lowest BCUT2D eigenvalue weighted by atomic mass is 9.94. The normalized spacial score (nSPS) is 11.3. The molecule has 0 radical (unpaired) electrons. The molecule has 30 heavy (non-hydrogen) atoms. The van der Waals surface area contributed by atoms with Gasteiger partial charge in [0, 0.05) is 33.5 Å². The van der Waals surface area contributed by atoms with Crippen molar-refractivity contribution in [2.45, 2.75) is 41.0 Å². The van der Waals surface area contributed by atoms with E-state index in [1.807, 2.05) is 18.2 Å². The quantitative estimate of drug-likeness (QED) is 0.227. The third-order valence-corrected chi connectivity index (χ3v) is 4.92. The summed E-state index contributed by atoms with van der Waals surface area (Å²) in [5, 5.41) is 2.31. The molecule has 5 nitrogen and oxygen atoms in total. The molecular formula is C25H26O5. The molecule has 0 atom stereocenters. The SMILES string of the molecule is CCC(=O)c1cccc2c(OC(=O)C(C)C)c3ccccc3c(OC(=O)C(C)C)c12. The number of ketones is 1. The zero-order chi connectivity index (χ0) is 22.0. The Labute approximate surface area is 176 Å². The Bertz CT molecular complexity index is 1140. The minimum absolute atomic E-state index is 0.0844. The van der Waals surface area contributed by atoms with Crippen LogP contribution in [0.25, 0.3) is 21.5 Å². The second-order valence-electron chi connectivity index (χ2n) is 7.86. The molecule has 0 aliphatic heterocycles. The average Bonchev–Trinajstić information content (AvgIpc) is 2.74. The zero-order valence-corrected chi connectivity index (χ0v) is 17.9. The molecular weight excluding hydrogens is 380 g/mol. The van der Waals surface area contributed by atoms with Crippen LogP contribution < -0.4 is 9.47 Å². The summed E-state index contributed by atoms with van der Waals surface area (Å²) in [4.78, 5) is 37.7. The van der Waals surface area contributed by atoms with Crippen molar-refractivity contribution in [1.29, 1.82) is 0 Å². The van der Waals surface area contributed by atoms with E-state index < -0.39 is 5.97 Å². The second-order valence-corrected chi connectivity index (χ2v) is 7.86. The maximum atomic E-state index is 12.7. The number of carbonyl (C=O) groups is 3. The van der Waals surface area contributed by atoms with Crippen LogP contribution >= 0.6 is 0 Å². The Morgan fingerprint density at radius 1 is 0.733 bits per heavy atom. The lowest BCUT2D eigenvalue weighted by Crippen LogP contribution is -2.17. The summed E-state index contributed by atoms with van der Waals surface area (Å²) < 4.78 is 11.6. The Hall–Kier alpha value is -3.21. The molecule has 0 heterocycles. The summed E-state index contributed by atoms with van der Waals surface area (Å²) in [6.45, 7) is 8.81. The van der Waals surface area contributed by atoms with Gasteiger partial charge in [-0.15, -0.1) is 0 Å². The third kappa shape index (κ3) is 3.92. The number of fused-ring (bicyclic) bond motifs is 2. The van der Waals surface area contributed by atoms with E-state index in [0.717, 1.165) is 0 Å². The van der Waals surface area contributed by atoms with Crippen molar-refractivity contribution in [2.24, 2.45) is 11.8 Å². The van der Waals surface area contributed by atoms with E-state index in [1.165, 1.54) is 0 Å². The Morgan fingerprint density at radius 3 is 1.77 bits per heavy atom. The molecule has 0 N–H and O–H groups in total. The van der Waals surface area contributed by atoms with Crippen LogP contribution in [0.2, 0.25) is 0 Å². The van der Waals surface area contributed by atoms with Gasteiger partial charge in [0.05, 0.1) is 11.8 Å². The van der Waals surface area contributed by atoms with Crippen LogP contribution in [-0.4, -0.2) is 17.7 Å². The van der Waals surface area contributed by atoms with E-state index in [2.05, 4.69) is 0 Å². The van der Waals surface area contributed by atoms with E-state index in [0.29, 0.717) is 45.0 Å². The molecule has 156 valence electrons. The smallest absolute Gasteiger partial charge is 0.313 e. The van der Waals surface area contributed by atoms with Crippen molar-refractivity contribution in [3.8, 4) is 11.5 Å². The number of ether oxygens (including phenoxy) is 2. The topological polar surface area (TPSA) is 69.7 Å². The Kier molecular flexibility index (Phi) is 6.20. The number of rotatable bonds is 6. The first kappa shape index (κ1) is 21.5. The van der Waals surface area contributed by atoms with Gasteiger partial charge in [-0.3, -0.25) is 14.4 Å². The van der Waals surface area contributed by atoms with Crippen LogP contribution in [0.5, 0.6) is 11.5 Å².